The van der Waals surface area contributed by atoms with Gasteiger partial charge in [-0.3, -0.25) is 9.78 Å². The van der Waals surface area contributed by atoms with Gasteiger partial charge in [0.25, 0.3) is 0 Å². The molecule has 5 aromatic rings. The molecule has 0 saturated heterocycles. The van der Waals surface area contributed by atoms with Gasteiger partial charge in [-0.05, 0) is 49.6 Å². The summed E-state index contributed by atoms with van der Waals surface area (Å²) in [6, 6.07) is 24.3. The maximum Gasteiger partial charge on any atom is 0.155 e. The summed E-state index contributed by atoms with van der Waals surface area (Å²) in [7, 11) is 0. The van der Waals surface area contributed by atoms with Crippen molar-refractivity contribution in [3.63, 3.8) is 0 Å². The molecule has 36 heavy (non-hydrogen) atoms. The molecule has 0 saturated carbocycles. The van der Waals surface area contributed by atoms with Gasteiger partial charge in [0.05, 0.1) is 11.3 Å². The third-order valence-electron chi connectivity index (χ3n) is 5.75. The van der Waals surface area contributed by atoms with Gasteiger partial charge < -0.3 is 9.52 Å². The first-order valence-electron chi connectivity index (χ1n) is 11.8. The molecule has 0 unspecified atom stereocenters. The summed E-state index contributed by atoms with van der Waals surface area (Å²) in [5.41, 5.74) is 7.37. The summed E-state index contributed by atoms with van der Waals surface area (Å²) in [6.07, 6.45) is 2.18. The molecule has 0 aliphatic carbocycles. The number of nitrogens with zero attached hydrogens (tertiary/aromatic N) is 1. The Morgan fingerprint density at radius 2 is 1.78 bits per heavy atom. The number of carbonyl (C=O) groups is 1. The van der Waals surface area contributed by atoms with E-state index in [1.165, 1.54) is 36.4 Å². The Hall–Kier alpha value is -3.27. The number of pyridine rings is 1. The number of aromatic nitrogens is 1. The van der Waals surface area contributed by atoms with Crippen molar-refractivity contribution in [2.24, 2.45) is 5.92 Å². The summed E-state index contributed by atoms with van der Waals surface area (Å²) >= 11 is 0. The molecular weight excluding hydrogens is 627 g/mol. The van der Waals surface area contributed by atoms with Crippen LogP contribution in [0.4, 0.5) is 0 Å². The van der Waals surface area contributed by atoms with Crippen LogP contribution in [0, 0.1) is 18.9 Å². The van der Waals surface area contributed by atoms with E-state index in [9.17, 15) is 4.79 Å². The van der Waals surface area contributed by atoms with Crippen molar-refractivity contribution < 1.29 is 34.4 Å². The fourth-order valence-electron chi connectivity index (χ4n) is 4.34. The molecule has 5 heteroatoms. The first-order chi connectivity index (χ1) is 16.7. The Balaban J connectivity index is 0.000000400. The van der Waals surface area contributed by atoms with Gasteiger partial charge in [-0.2, -0.15) is 0 Å². The molecule has 0 aliphatic rings. The van der Waals surface area contributed by atoms with Crippen LogP contribution in [0.2, 0.25) is 0 Å². The average molecular weight is 657 g/mol. The molecule has 0 fully saturated rings. The summed E-state index contributed by atoms with van der Waals surface area (Å²) in [6.45, 7) is 9.48. The molecule has 187 valence electrons. The molecule has 2 aromatic heterocycles. The minimum absolute atomic E-state index is 0. The zero-order chi connectivity index (χ0) is 25.1. The topological polar surface area (TPSA) is 63.3 Å². The van der Waals surface area contributed by atoms with Gasteiger partial charge >= 0.3 is 0 Å². The Bertz CT molecular complexity index is 1560. The van der Waals surface area contributed by atoms with Crippen LogP contribution in [0.3, 0.4) is 0 Å². The molecule has 3 aromatic carbocycles. The van der Waals surface area contributed by atoms with Crippen molar-refractivity contribution in [3.05, 3.63) is 89.7 Å². The quantitative estimate of drug-likeness (QED) is 0.121. The van der Waals surface area contributed by atoms with Gasteiger partial charge in [0.2, 0.25) is 0 Å². The second-order valence-corrected chi connectivity index (χ2v) is 9.35. The molecule has 1 radical (unpaired) electrons. The monoisotopic (exact) mass is 657 g/mol. The number of furan rings is 1. The fraction of sp³-hybridized carbons (Fsp3) is 0.226. The van der Waals surface area contributed by atoms with E-state index in [0.29, 0.717) is 5.92 Å². The smallest absolute Gasteiger partial charge is 0.155 e. The third-order valence-corrected chi connectivity index (χ3v) is 5.75. The van der Waals surface area contributed by atoms with E-state index in [-0.39, 0.29) is 31.6 Å². The third kappa shape index (κ3) is 6.10. The molecule has 4 nitrogen and oxygen atoms in total. The fourth-order valence-corrected chi connectivity index (χ4v) is 4.34. The summed E-state index contributed by atoms with van der Waals surface area (Å²) in [5.74, 6) is 0.503. The predicted octanol–water partition coefficient (Wildman–Crippen LogP) is 8.14. The van der Waals surface area contributed by atoms with Gasteiger partial charge in [-0.15, -0.1) is 35.4 Å². The van der Waals surface area contributed by atoms with Gasteiger partial charge in [-0.25, -0.2) is 0 Å². The molecule has 0 aliphatic heterocycles. The summed E-state index contributed by atoms with van der Waals surface area (Å²) < 4.78 is 6.10. The van der Waals surface area contributed by atoms with Gasteiger partial charge in [-0.1, -0.05) is 45.0 Å². The zero-order valence-electron chi connectivity index (χ0n) is 21.2. The van der Waals surface area contributed by atoms with Gasteiger partial charge in [0.1, 0.15) is 11.2 Å². The number of benzene rings is 3. The Morgan fingerprint density at radius 1 is 1.03 bits per heavy atom. The average Bonchev–Trinajstić information content (AvgIpc) is 3.14. The number of aryl methyl sites for hydroxylation is 1. The van der Waals surface area contributed by atoms with E-state index in [2.05, 4.69) is 63.2 Å². The number of fused-ring (bicyclic) bond motifs is 4. The maximum absolute atomic E-state index is 10.0. The number of aliphatic hydroxyl groups is 1. The van der Waals surface area contributed by atoms with Crippen molar-refractivity contribution in [2.75, 3.05) is 0 Å². The van der Waals surface area contributed by atoms with Crippen LogP contribution in [0.25, 0.3) is 44.1 Å². The molecule has 0 spiro atoms. The van der Waals surface area contributed by atoms with Crippen LogP contribution in [0.5, 0.6) is 0 Å². The van der Waals surface area contributed by atoms with Gasteiger partial charge in [0.15, 0.2) is 5.78 Å². The Morgan fingerprint density at radius 3 is 2.42 bits per heavy atom. The van der Waals surface area contributed by atoms with Crippen molar-refractivity contribution in [1.82, 2.24) is 4.98 Å². The number of aliphatic hydroxyl groups excluding tert-OH is 1. The Labute approximate surface area is 225 Å². The number of hydrogen-bond donors (Lipinski definition) is 1. The first kappa shape index (κ1) is 27.3. The number of para-hydroxylation sites is 1. The predicted molar refractivity (Wildman–Crippen MR) is 144 cm³/mol. The molecule has 5 rings (SSSR count). The van der Waals surface area contributed by atoms with Crippen LogP contribution in [0.15, 0.2) is 76.9 Å². The summed E-state index contributed by atoms with van der Waals surface area (Å²) in [4.78, 5) is 15.0. The van der Waals surface area contributed by atoms with Crippen LogP contribution < -0.4 is 0 Å². The Kier molecular flexibility index (Phi) is 8.84. The molecule has 0 amide bonds. The second-order valence-electron chi connectivity index (χ2n) is 9.35. The van der Waals surface area contributed by atoms with E-state index in [1.54, 1.807) is 0 Å². The second kappa shape index (κ2) is 11.6. The zero-order valence-corrected chi connectivity index (χ0v) is 23.6. The van der Waals surface area contributed by atoms with E-state index in [0.717, 1.165) is 45.1 Å². The van der Waals surface area contributed by atoms with Gasteiger partial charge in [0, 0.05) is 48.4 Å². The molecule has 2 heterocycles. The van der Waals surface area contributed by atoms with Crippen molar-refractivity contribution in [2.45, 2.75) is 41.0 Å². The molecular formula is C31H30IrNO3-. The molecule has 1 N–H and O–H groups in total. The number of carbonyl (C=O) groups excluding carboxylic acids is 1. The number of rotatable bonds is 4. The minimum Gasteiger partial charge on any atom is -0.512 e. The molecule has 0 bridgehead atoms. The van der Waals surface area contributed by atoms with E-state index in [1.807, 2.05) is 24.3 Å². The van der Waals surface area contributed by atoms with Crippen LogP contribution in [0.1, 0.15) is 38.8 Å². The first-order valence-corrected chi connectivity index (χ1v) is 11.8. The molecule has 0 atom stereocenters. The van der Waals surface area contributed by atoms with E-state index >= 15 is 0 Å². The van der Waals surface area contributed by atoms with E-state index in [4.69, 9.17) is 14.5 Å². The normalized spacial score (nSPS) is 11.4. The van der Waals surface area contributed by atoms with Crippen molar-refractivity contribution in [3.8, 4) is 11.3 Å². The van der Waals surface area contributed by atoms with Crippen molar-refractivity contribution in [1.29, 1.82) is 0 Å². The number of ketones is 1. The standard InChI is InChI=1S/C26H22NO.C5H8O2.Ir/c1-16(2)12-18-13-23(19-9-5-4-8-17(19)3)27-24-15-26-22(14-21(18)24)20-10-6-7-11-25(20)28-26;1-4(6)3-5(2)7;/h4-8,10-11,13-16H,12H2,1-3H3;3,6H,1-2H3;/q-1;;/b;4-3-;. The summed E-state index contributed by atoms with van der Waals surface area (Å²) in [5, 5.41) is 11.9. The SMILES string of the molecule is CC(=O)/C=C(/C)O.Cc1ccc[c-]c1-c1cc(CC(C)C)c2cc3c(cc2n1)oc1ccccc13.[Ir]. The maximum atomic E-state index is 10.0. The van der Waals surface area contributed by atoms with Crippen LogP contribution in [-0.4, -0.2) is 15.9 Å². The van der Waals surface area contributed by atoms with Crippen LogP contribution in [-0.2, 0) is 31.3 Å². The van der Waals surface area contributed by atoms with Crippen molar-refractivity contribution >= 4 is 38.6 Å². The van der Waals surface area contributed by atoms with Crippen LogP contribution >= 0.6 is 0 Å². The number of hydrogen-bond acceptors (Lipinski definition) is 4. The number of allylic oxidation sites excluding steroid dienone is 2. The van der Waals surface area contributed by atoms with E-state index < -0.39 is 0 Å². The minimum atomic E-state index is -0.125. The largest absolute Gasteiger partial charge is 0.512 e.